The van der Waals surface area contributed by atoms with Crippen LogP contribution in [0.1, 0.15) is 5.56 Å². The van der Waals surface area contributed by atoms with Gasteiger partial charge in [-0.15, -0.1) is 0 Å². The normalized spacial score (nSPS) is 12.8. The zero-order valence-corrected chi connectivity index (χ0v) is 15.5. The molecule has 0 radical (unpaired) electrons. The summed E-state index contributed by atoms with van der Waals surface area (Å²) in [5.74, 6) is -3.38. The topological polar surface area (TPSA) is 187 Å². The lowest BCUT2D eigenvalue weighted by Crippen LogP contribution is -2.52. The van der Waals surface area contributed by atoms with Gasteiger partial charge in [-0.25, -0.2) is 4.79 Å². The Hall–Kier alpha value is -3.44. The van der Waals surface area contributed by atoms with Gasteiger partial charge in [0.1, 0.15) is 12.1 Å². The number of carbonyl (C=O) groups is 4. The summed E-state index contributed by atoms with van der Waals surface area (Å²) in [5, 5.41) is 25.6. The van der Waals surface area contributed by atoms with Crippen molar-refractivity contribution in [2.24, 2.45) is 5.73 Å². The van der Waals surface area contributed by atoms with Crippen LogP contribution in [0.3, 0.4) is 0 Å². The molecule has 0 fully saturated rings. The number of hydrogen-bond acceptors (Lipinski definition) is 6. The molecular formula is C18H23N5O6. The molecule has 0 bridgehead atoms. The Balaban J connectivity index is 2.05. The number of amides is 3. The summed E-state index contributed by atoms with van der Waals surface area (Å²) < 4.78 is 0. The van der Waals surface area contributed by atoms with Crippen LogP contribution in [0.15, 0.2) is 30.5 Å². The van der Waals surface area contributed by atoms with E-state index in [1.54, 1.807) is 6.20 Å². The maximum Gasteiger partial charge on any atom is 0.328 e. The van der Waals surface area contributed by atoms with E-state index in [4.69, 9.17) is 15.9 Å². The molecular weight excluding hydrogens is 382 g/mol. The van der Waals surface area contributed by atoms with Crippen molar-refractivity contribution in [3.63, 3.8) is 0 Å². The van der Waals surface area contributed by atoms with Gasteiger partial charge in [0.25, 0.3) is 0 Å². The van der Waals surface area contributed by atoms with Crippen LogP contribution in [-0.2, 0) is 25.6 Å². The minimum Gasteiger partial charge on any atom is -0.480 e. The molecule has 0 aliphatic heterocycles. The fourth-order valence-electron chi connectivity index (χ4n) is 2.70. The number of benzene rings is 1. The van der Waals surface area contributed by atoms with Gasteiger partial charge >= 0.3 is 5.97 Å². The summed E-state index contributed by atoms with van der Waals surface area (Å²) in [4.78, 5) is 50.0. The lowest BCUT2D eigenvalue weighted by Gasteiger charge is -2.18. The van der Waals surface area contributed by atoms with Gasteiger partial charge in [-0.3, -0.25) is 14.4 Å². The number of para-hydroxylation sites is 1. The molecule has 2 atom stereocenters. The fraction of sp³-hybridized carbons (Fsp3) is 0.333. The van der Waals surface area contributed by atoms with Crippen molar-refractivity contribution in [2.75, 3.05) is 19.7 Å². The SMILES string of the molecule is NCC(=O)NC(Cc1c[nH]c2ccccc12)C(=O)NCC(=O)NC(CO)C(=O)O. The number of aliphatic carboxylic acids is 1. The van der Waals surface area contributed by atoms with Crippen LogP contribution in [0.2, 0.25) is 0 Å². The van der Waals surface area contributed by atoms with E-state index in [2.05, 4.69) is 20.9 Å². The highest BCUT2D eigenvalue weighted by atomic mass is 16.4. The number of carbonyl (C=O) groups excluding carboxylic acids is 3. The third-order valence-corrected chi connectivity index (χ3v) is 4.18. The van der Waals surface area contributed by atoms with Crippen molar-refractivity contribution in [2.45, 2.75) is 18.5 Å². The molecule has 0 saturated heterocycles. The summed E-state index contributed by atoms with van der Waals surface area (Å²) >= 11 is 0. The van der Waals surface area contributed by atoms with Gasteiger partial charge in [0.2, 0.25) is 17.7 Å². The Kier molecular flexibility index (Phi) is 7.69. The largest absolute Gasteiger partial charge is 0.480 e. The summed E-state index contributed by atoms with van der Waals surface area (Å²) in [7, 11) is 0. The highest BCUT2D eigenvalue weighted by Gasteiger charge is 2.24. The highest BCUT2D eigenvalue weighted by Crippen LogP contribution is 2.19. The summed E-state index contributed by atoms with van der Waals surface area (Å²) in [6.07, 6.45) is 1.88. The predicted molar refractivity (Wildman–Crippen MR) is 103 cm³/mol. The Labute approximate surface area is 165 Å². The van der Waals surface area contributed by atoms with Gasteiger partial charge in [-0.1, -0.05) is 18.2 Å². The number of aromatic nitrogens is 1. The molecule has 11 nitrogen and oxygen atoms in total. The lowest BCUT2D eigenvalue weighted by atomic mass is 10.0. The molecule has 11 heteroatoms. The van der Waals surface area contributed by atoms with E-state index in [1.165, 1.54) is 0 Å². The molecule has 0 spiro atoms. The molecule has 0 saturated carbocycles. The van der Waals surface area contributed by atoms with Crippen LogP contribution in [0.5, 0.6) is 0 Å². The van der Waals surface area contributed by atoms with Crippen molar-refractivity contribution < 1.29 is 29.4 Å². The van der Waals surface area contributed by atoms with Gasteiger partial charge in [-0.05, 0) is 11.6 Å². The number of carboxylic acid groups (broad SMARTS) is 1. The molecule has 3 amide bonds. The number of H-pyrrole nitrogens is 1. The van der Waals surface area contributed by atoms with E-state index in [1.807, 2.05) is 24.3 Å². The maximum atomic E-state index is 12.5. The van der Waals surface area contributed by atoms with Gasteiger partial charge in [0, 0.05) is 23.5 Å². The minimum atomic E-state index is -1.47. The standard InChI is InChI=1S/C18H23N5O6/c19-6-15(25)22-13(5-10-7-20-12-4-2-1-3-11(10)12)17(27)21-8-16(26)23-14(9-24)18(28)29/h1-4,7,13-14,20,24H,5-6,8-9,19H2,(H,21,27)(H,22,25)(H,23,26)(H,28,29). The first kappa shape index (κ1) is 21.9. The first-order chi connectivity index (χ1) is 13.8. The molecule has 2 unspecified atom stereocenters. The molecule has 0 aliphatic rings. The maximum absolute atomic E-state index is 12.5. The molecule has 1 aromatic heterocycles. The van der Waals surface area contributed by atoms with Crippen molar-refractivity contribution in [1.29, 1.82) is 0 Å². The third kappa shape index (κ3) is 6.02. The molecule has 1 heterocycles. The van der Waals surface area contributed by atoms with Crippen molar-refractivity contribution in [3.8, 4) is 0 Å². The number of nitrogens with two attached hydrogens (primary N) is 1. The minimum absolute atomic E-state index is 0.150. The summed E-state index contributed by atoms with van der Waals surface area (Å²) in [6, 6.07) is 4.98. The van der Waals surface area contributed by atoms with Crippen LogP contribution in [0.4, 0.5) is 0 Å². The zero-order valence-electron chi connectivity index (χ0n) is 15.5. The predicted octanol–water partition coefficient (Wildman–Crippen LogP) is -2.17. The van der Waals surface area contributed by atoms with Crippen molar-refractivity contribution in [3.05, 3.63) is 36.0 Å². The number of hydrogen-bond donors (Lipinski definition) is 7. The second-order valence-corrected chi connectivity index (χ2v) is 6.25. The molecule has 29 heavy (non-hydrogen) atoms. The first-order valence-electron chi connectivity index (χ1n) is 8.80. The van der Waals surface area contributed by atoms with Crippen molar-refractivity contribution in [1.82, 2.24) is 20.9 Å². The molecule has 2 aromatic rings. The summed E-state index contributed by atoms with van der Waals surface area (Å²) in [5.41, 5.74) is 6.97. The average molecular weight is 405 g/mol. The van der Waals surface area contributed by atoms with E-state index in [9.17, 15) is 19.2 Å². The Morgan fingerprint density at radius 2 is 1.76 bits per heavy atom. The quantitative estimate of drug-likeness (QED) is 0.234. The number of rotatable bonds is 10. The van der Waals surface area contributed by atoms with E-state index in [0.29, 0.717) is 0 Å². The van der Waals surface area contributed by atoms with E-state index >= 15 is 0 Å². The number of carboxylic acids is 1. The summed E-state index contributed by atoms with van der Waals surface area (Å²) in [6.45, 7) is -1.62. The number of nitrogens with one attached hydrogen (secondary N) is 4. The van der Waals surface area contributed by atoms with Crippen LogP contribution >= 0.6 is 0 Å². The number of aliphatic hydroxyl groups excluding tert-OH is 1. The van der Waals surface area contributed by atoms with Crippen LogP contribution in [0.25, 0.3) is 10.9 Å². The molecule has 1 aromatic carbocycles. The monoisotopic (exact) mass is 405 g/mol. The van der Waals surface area contributed by atoms with Crippen molar-refractivity contribution >= 4 is 34.6 Å². The van der Waals surface area contributed by atoms with Crippen LogP contribution < -0.4 is 21.7 Å². The van der Waals surface area contributed by atoms with Gasteiger partial charge < -0.3 is 36.9 Å². The average Bonchev–Trinajstić information content (AvgIpc) is 3.12. The Morgan fingerprint density at radius 3 is 2.41 bits per heavy atom. The second kappa shape index (κ2) is 10.2. The first-order valence-corrected chi connectivity index (χ1v) is 8.80. The lowest BCUT2D eigenvalue weighted by molar-refractivity contribution is -0.142. The molecule has 0 aliphatic carbocycles. The van der Waals surface area contributed by atoms with Crippen LogP contribution in [-0.4, -0.2) is 70.7 Å². The highest BCUT2D eigenvalue weighted by molar-refractivity contribution is 5.93. The Morgan fingerprint density at radius 1 is 1.07 bits per heavy atom. The van der Waals surface area contributed by atoms with E-state index in [-0.39, 0.29) is 13.0 Å². The zero-order chi connectivity index (χ0) is 21.4. The van der Waals surface area contributed by atoms with Crippen LogP contribution in [0, 0.1) is 0 Å². The number of aromatic amines is 1. The van der Waals surface area contributed by atoms with Gasteiger partial charge in [0.05, 0.1) is 19.7 Å². The third-order valence-electron chi connectivity index (χ3n) is 4.18. The van der Waals surface area contributed by atoms with E-state index in [0.717, 1.165) is 16.5 Å². The van der Waals surface area contributed by atoms with Gasteiger partial charge in [-0.2, -0.15) is 0 Å². The fourth-order valence-corrected chi connectivity index (χ4v) is 2.70. The molecule has 156 valence electrons. The second-order valence-electron chi connectivity index (χ2n) is 6.25. The Bertz CT molecular complexity index is 896. The van der Waals surface area contributed by atoms with Gasteiger partial charge in [0.15, 0.2) is 0 Å². The molecule has 8 N–H and O–H groups in total. The molecule has 2 rings (SSSR count). The smallest absolute Gasteiger partial charge is 0.328 e. The van der Waals surface area contributed by atoms with E-state index < -0.39 is 48.9 Å². The number of fused-ring (bicyclic) bond motifs is 1. The number of aliphatic hydroxyl groups is 1.